The van der Waals surface area contributed by atoms with Gasteiger partial charge in [0.1, 0.15) is 0 Å². The second-order valence-corrected chi connectivity index (χ2v) is 4.95. The van der Waals surface area contributed by atoms with Crippen LogP contribution in [0.1, 0.15) is 29.5 Å². The van der Waals surface area contributed by atoms with Gasteiger partial charge >= 0.3 is 0 Å². The predicted molar refractivity (Wildman–Crippen MR) is 65.7 cm³/mol. The Labute approximate surface area is 102 Å². The lowest BCUT2D eigenvalue weighted by Crippen LogP contribution is -2.45. The molecule has 0 radical (unpaired) electrons. The number of carbonyl (C=O) groups excluding carboxylic acids is 1. The van der Waals surface area contributed by atoms with Crippen LogP contribution in [0.2, 0.25) is 0 Å². The van der Waals surface area contributed by atoms with E-state index in [1.807, 2.05) is 17.9 Å². The van der Waals surface area contributed by atoms with E-state index >= 15 is 0 Å². The van der Waals surface area contributed by atoms with Crippen LogP contribution in [0.15, 0.2) is 16.7 Å². The maximum atomic E-state index is 12.2. The topological polar surface area (TPSA) is 59.5 Å². The van der Waals surface area contributed by atoms with Gasteiger partial charge in [-0.2, -0.15) is 0 Å². The molecular formula is C13H20N2O2. The van der Waals surface area contributed by atoms with E-state index in [9.17, 15) is 4.79 Å². The zero-order chi connectivity index (χ0) is 12.4. The van der Waals surface area contributed by atoms with Gasteiger partial charge < -0.3 is 15.1 Å². The Morgan fingerprint density at radius 3 is 3.00 bits per heavy atom. The molecule has 2 unspecified atom stereocenters. The normalized spacial score (nSPS) is 25.0. The van der Waals surface area contributed by atoms with E-state index in [1.54, 1.807) is 6.26 Å². The van der Waals surface area contributed by atoms with E-state index in [0.29, 0.717) is 24.1 Å². The molecule has 4 heteroatoms. The second kappa shape index (κ2) is 4.92. The molecule has 1 fully saturated rings. The summed E-state index contributed by atoms with van der Waals surface area (Å²) in [5, 5.41) is 0. The highest BCUT2D eigenvalue weighted by Gasteiger charge is 2.30. The number of carbonyl (C=O) groups is 1. The molecule has 2 heterocycles. The number of furan rings is 1. The zero-order valence-corrected chi connectivity index (χ0v) is 10.5. The van der Waals surface area contributed by atoms with Crippen LogP contribution in [0.4, 0.5) is 0 Å². The van der Waals surface area contributed by atoms with Gasteiger partial charge in [0.15, 0.2) is 5.76 Å². The number of nitrogens with zero attached hydrogens (tertiary/aromatic N) is 1. The number of rotatable bonds is 2. The summed E-state index contributed by atoms with van der Waals surface area (Å²) in [6, 6.07) is 1.82. The molecule has 17 heavy (non-hydrogen) atoms. The molecule has 2 atom stereocenters. The third kappa shape index (κ3) is 2.36. The van der Waals surface area contributed by atoms with E-state index < -0.39 is 0 Å². The van der Waals surface area contributed by atoms with Gasteiger partial charge in [-0.05, 0) is 37.8 Å². The van der Waals surface area contributed by atoms with Gasteiger partial charge in [-0.15, -0.1) is 0 Å². The van der Waals surface area contributed by atoms with Crippen molar-refractivity contribution in [2.24, 2.45) is 17.6 Å². The molecule has 0 saturated carbocycles. The molecule has 0 bridgehead atoms. The quantitative estimate of drug-likeness (QED) is 0.849. The van der Waals surface area contributed by atoms with Crippen LogP contribution < -0.4 is 5.73 Å². The predicted octanol–water partition coefficient (Wildman–Crippen LogP) is 1.64. The molecule has 0 aromatic carbocycles. The monoisotopic (exact) mass is 236 g/mol. The number of hydrogen-bond acceptors (Lipinski definition) is 3. The first-order valence-corrected chi connectivity index (χ1v) is 6.17. The van der Waals surface area contributed by atoms with E-state index in [0.717, 1.165) is 25.1 Å². The Morgan fingerprint density at radius 1 is 1.65 bits per heavy atom. The number of piperidine rings is 1. The summed E-state index contributed by atoms with van der Waals surface area (Å²) in [4.78, 5) is 14.1. The zero-order valence-electron chi connectivity index (χ0n) is 10.5. The average Bonchev–Trinajstić information content (AvgIpc) is 2.75. The molecular weight excluding hydrogens is 216 g/mol. The number of amides is 1. The minimum absolute atomic E-state index is 0.00199. The standard InChI is InChI=1S/C13H20N2O2/c1-9-3-5-15(8-11(9)7-14)13(16)12-10(2)4-6-17-12/h4,6,9,11H,3,5,7-8,14H2,1-2H3. The smallest absolute Gasteiger partial charge is 0.289 e. The summed E-state index contributed by atoms with van der Waals surface area (Å²) in [5.41, 5.74) is 6.64. The summed E-state index contributed by atoms with van der Waals surface area (Å²) < 4.78 is 5.25. The lowest BCUT2D eigenvalue weighted by molar-refractivity contribution is 0.0586. The Balaban J connectivity index is 2.09. The molecule has 2 rings (SSSR count). The third-order valence-electron chi connectivity index (χ3n) is 3.76. The van der Waals surface area contributed by atoms with Gasteiger partial charge in [-0.25, -0.2) is 0 Å². The van der Waals surface area contributed by atoms with Gasteiger partial charge in [0, 0.05) is 18.7 Å². The lowest BCUT2D eigenvalue weighted by Gasteiger charge is -2.36. The van der Waals surface area contributed by atoms with Crippen molar-refractivity contribution in [3.63, 3.8) is 0 Å². The Morgan fingerprint density at radius 2 is 2.41 bits per heavy atom. The summed E-state index contributed by atoms with van der Waals surface area (Å²) in [5.74, 6) is 1.47. The Bertz CT molecular complexity index is 400. The van der Waals surface area contributed by atoms with Crippen molar-refractivity contribution >= 4 is 5.91 Å². The minimum Gasteiger partial charge on any atom is -0.459 e. The van der Waals surface area contributed by atoms with E-state index in [1.165, 1.54) is 0 Å². The highest BCUT2D eigenvalue weighted by molar-refractivity contribution is 5.92. The van der Waals surface area contributed by atoms with E-state index in [-0.39, 0.29) is 5.91 Å². The molecule has 1 aliphatic heterocycles. The summed E-state index contributed by atoms with van der Waals surface area (Å²) in [7, 11) is 0. The van der Waals surface area contributed by atoms with Crippen molar-refractivity contribution < 1.29 is 9.21 Å². The molecule has 1 amide bonds. The molecule has 1 saturated heterocycles. The number of likely N-dealkylation sites (tertiary alicyclic amines) is 1. The fourth-order valence-corrected chi connectivity index (χ4v) is 2.38. The van der Waals surface area contributed by atoms with Crippen LogP contribution in [-0.2, 0) is 0 Å². The molecule has 0 spiro atoms. The molecule has 1 aromatic heterocycles. The van der Waals surface area contributed by atoms with Gasteiger partial charge in [0.25, 0.3) is 5.91 Å². The molecule has 2 N–H and O–H groups in total. The largest absolute Gasteiger partial charge is 0.459 e. The molecule has 1 aliphatic rings. The third-order valence-corrected chi connectivity index (χ3v) is 3.76. The first-order chi connectivity index (χ1) is 8.13. The van der Waals surface area contributed by atoms with Gasteiger partial charge in [0.05, 0.1) is 6.26 Å². The first kappa shape index (κ1) is 12.2. The van der Waals surface area contributed by atoms with Gasteiger partial charge in [0.2, 0.25) is 0 Å². The van der Waals surface area contributed by atoms with Crippen molar-refractivity contribution in [2.45, 2.75) is 20.3 Å². The van der Waals surface area contributed by atoms with Crippen LogP contribution >= 0.6 is 0 Å². The number of aryl methyl sites for hydroxylation is 1. The fourth-order valence-electron chi connectivity index (χ4n) is 2.38. The van der Waals surface area contributed by atoms with Crippen molar-refractivity contribution in [1.29, 1.82) is 0 Å². The number of nitrogens with two attached hydrogens (primary N) is 1. The van der Waals surface area contributed by atoms with E-state index in [4.69, 9.17) is 10.2 Å². The average molecular weight is 236 g/mol. The lowest BCUT2D eigenvalue weighted by atomic mass is 9.87. The van der Waals surface area contributed by atoms with E-state index in [2.05, 4.69) is 6.92 Å². The maximum Gasteiger partial charge on any atom is 0.289 e. The highest BCUT2D eigenvalue weighted by Crippen LogP contribution is 2.24. The van der Waals surface area contributed by atoms with Crippen LogP contribution in [0.3, 0.4) is 0 Å². The Hall–Kier alpha value is -1.29. The van der Waals surface area contributed by atoms with Crippen molar-refractivity contribution in [3.8, 4) is 0 Å². The van der Waals surface area contributed by atoms with Crippen LogP contribution in [0.5, 0.6) is 0 Å². The molecule has 4 nitrogen and oxygen atoms in total. The van der Waals surface area contributed by atoms with Crippen molar-refractivity contribution in [1.82, 2.24) is 4.90 Å². The molecule has 0 aliphatic carbocycles. The fraction of sp³-hybridized carbons (Fsp3) is 0.615. The minimum atomic E-state index is -0.00199. The second-order valence-electron chi connectivity index (χ2n) is 4.95. The molecule has 1 aromatic rings. The van der Waals surface area contributed by atoms with Crippen LogP contribution in [-0.4, -0.2) is 30.4 Å². The highest BCUT2D eigenvalue weighted by atomic mass is 16.3. The first-order valence-electron chi connectivity index (χ1n) is 6.17. The SMILES string of the molecule is Cc1ccoc1C(=O)N1CCC(C)C(CN)C1. The maximum absolute atomic E-state index is 12.2. The Kier molecular flexibility index (Phi) is 3.52. The molecule has 94 valence electrons. The van der Waals surface area contributed by atoms with Crippen LogP contribution in [0, 0.1) is 18.8 Å². The number of hydrogen-bond donors (Lipinski definition) is 1. The summed E-state index contributed by atoms with van der Waals surface area (Å²) in [6.07, 6.45) is 2.59. The van der Waals surface area contributed by atoms with Gasteiger partial charge in [-0.3, -0.25) is 4.79 Å². The van der Waals surface area contributed by atoms with Crippen molar-refractivity contribution in [2.75, 3.05) is 19.6 Å². The summed E-state index contributed by atoms with van der Waals surface area (Å²) >= 11 is 0. The summed E-state index contributed by atoms with van der Waals surface area (Å²) in [6.45, 7) is 6.29. The van der Waals surface area contributed by atoms with Gasteiger partial charge in [-0.1, -0.05) is 6.92 Å². The van der Waals surface area contributed by atoms with Crippen molar-refractivity contribution in [3.05, 3.63) is 23.7 Å². The van der Waals surface area contributed by atoms with Crippen LogP contribution in [0.25, 0.3) is 0 Å².